The predicted molar refractivity (Wildman–Crippen MR) is 82.6 cm³/mol. The molecule has 5 heteroatoms. The minimum Gasteiger partial charge on any atom is -0.328 e. The Hall–Kier alpha value is -1.75. The van der Waals surface area contributed by atoms with Crippen molar-refractivity contribution >= 4 is 0 Å². The molecular formula is C16H23N5. The van der Waals surface area contributed by atoms with Crippen LogP contribution in [0.15, 0.2) is 18.7 Å². The van der Waals surface area contributed by atoms with Crippen LogP contribution in [0, 0.1) is 5.41 Å². The summed E-state index contributed by atoms with van der Waals surface area (Å²) in [5.74, 6) is 0.754. The van der Waals surface area contributed by atoms with Crippen molar-refractivity contribution < 1.29 is 0 Å². The molecule has 2 N–H and O–H groups in total. The van der Waals surface area contributed by atoms with Gasteiger partial charge < -0.3 is 10.3 Å². The Balaban J connectivity index is 2.01. The van der Waals surface area contributed by atoms with Gasteiger partial charge in [-0.25, -0.2) is 15.0 Å². The summed E-state index contributed by atoms with van der Waals surface area (Å²) >= 11 is 0. The molecule has 0 saturated carbocycles. The largest absolute Gasteiger partial charge is 0.328 e. The summed E-state index contributed by atoms with van der Waals surface area (Å²) in [4.78, 5) is 13.5. The van der Waals surface area contributed by atoms with Crippen molar-refractivity contribution in [2.24, 2.45) is 11.1 Å². The van der Waals surface area contributed by atoms with E-state index in [1.54, 1.807) is 0 Å². The van der Waals surface area contributed by atoms with Crippen LogP contribution >= 0.6 is 0 Å². The summed E-state index contributed by atoms with van der Waals surface area (Å²) < 4.78 is 2.11. The highest BCUT2D eigenvalue weighted by Gasteiger charge is 2.31. The standard InChI is InChI=1S/C16H23N5/c1-4-5-21-10-18-9-14(21)15-19-8-11-12(17)6-16(2,3)7-13(11)20-15/h8-10,12H,4-7,17H2,1-3H3. The molecule has 2 aromatic heterocycles. The van der Waals surface area contributed by atoms with Gasteiger partial charge in [0, 0.05) is 30.0 Å². The second-order valence-electron chi connectivity index (χ2n) is 6.72. The molecule has 0 fully saturated rings. The van der Waals surface area contributed by atoms with Gasteiger partial charge in [0.1, 0.15) is 5.69 Å². The lowest BCUT2D eigenvalue weighted by molar-refractivity contribution is 0.278. The summed E-state index contributed by atoms with van der Waals surface area (Å²) in [5, 5.41) is 0. The fourth-order valence-electron chi connectivity index (χ4n) is 3.16. The van der Waals surface area contributed by atoms with E-state index in [9.17, 15) is 0 Å². The van der Waals surface area contributed by atoms with Crippen molar-refractivity contribution in [1.29, 1.82) is 0 Å². The van der Waals surface area contributed by atoms with Crippen LogP contribution in [0.3, 0.4) is 0 Å². The van der Waals surface area contributed by atoms with Gasteiger partial charge in [0.2, 0.25) is 0 Å². The Morgan fingerprint density at radius 1 is 1.38 bits per heavy atom. The van der Waals surface area contributed by atoms with Crippen LogP contribution in [0.1, 0.15) is 50.9 Å². The van der Waals surface area contributed by atoms with E-state index in [2.05, 4.69) is 35.3 Å². The van der Waals surface area contributed by atoms with Crippen molar-refractivity contribution in [2.45, 2.75) is 52.6 Å². The molecule has 0 aliphatic heterocycles. The number of rotatable bonds is 3. The van der Waals surface area contributed by atoms with Crippen LogP contribution in [-0.4, -0.2) is 19.5 Å². The van der Waals surface area contributed by atoms with Gasteiger partial charge in [-0.3, -0.25) is 0 Å². The van der Waals surface area contributed by atoms with E-state index < -0.39 is 0 Å². The van der Waals surface area contributed by atoms with Crippen molar-refractivity contribution in [3.8, 4) is 11.5 Å². The predicted octanol–water partition coefficient (Wildman–Crippen LogP) is 2.72. The van der Waals surface area contributed by atoms with E-state index in [0.717, 1.165) is 48.6 Å². The third-order valence-electron chi connectivity index (χ3n) is 4.12. The molecule has 1 aliphatic carbocycles. The van der Waals surface area contributed by atoms with E-state index in [0.29, 0.717) is 0 Å². The minimum absolute atomic E-state index is 0.0401. The van der Waals surface area contributed by atoms with Gasteiger partial charge in [-0.2, -0.15) is 0 Å². The zero-order chi connectivity index (χ0) is 15.0. The first kappa shape index (κ1) is 14.2. The zero-order valence-electron chi connectivity index (χ0n) is 13.0. The maximum atomic E-state index is 6.27. The van der Waals surface area contributed by atoms with Gasteiger partial charge in [0.05, 0.1) is 12.5 Å². The van der Waals surface area contributed by atoms with E-state index in [-0.39, 0.29) is 11.5 Å². The molecular weight excluding hydrogens is 262 g/mol. The third kappa shape index (κ3) is 2.70. The number of nitrogens with two attached hydrogens (primary N) is 1. The smallest absolute Gasteiger partial charge is 0.178 e. The normalized spacial score (nSPS) is 20.3. The molecule has 0 amide bonds. The Morgan fingerprint density at radius 3 is 2.95 bits per heavy atom. The Bertz CT molecular complexity index is 644. The fourth-order valence-corrected chi connectivity index (χ4v) is 3.16. The molecule has 0 spiro atoms. The van der Waals surface area contributed by atoms with Crippen LogP contribution in [0.5, 0.6) is 0 Å². The number of aromatic nitrogens is 4. The number of imidazole rings is 1. The lowest BCUT2D eigenvalue weighted by atomic mass is 9.74. The highest BCUT2D eigenvalue weighted by molar-refractivity contribution is 5.49. The summed E-state index contributed by atoms with van der Waals surface area (Å²) in [6.45, 7) is 7.58. The highest BCUT2D eigenvalue weighted by Crippen LogP contribution is 2.38. The molecule has 3 rings (SSSR count). The molecule has 1 aliphatic rings. The van der Waals surface area contributed by atoms with E-state index in [4.69, 9.17) is 10.7 Å². The topological polar surface area (TPSA) is 69.6 Å². The van der Waals surface area contributed by atoms with Crippen molar-refractivity contribution in [3.05, 3.63) is 30.0 Å². The molecule has 0 aromatic carbocycles. The second kappa shape index (κ2) is 5.22. The van der Waals surface area contributed by atoms with E-state index in [1.165, 1.54) is 0 Å². The first-order valence-corrected chi connectivity index (χ1v) is 7.62. The summed E-state index contributed by atoms with van der Waals surface area (Å²) in [6, 6.07) is 0.0401. The van der Waals surface area contributed by atoms with Crippen molar-refractivity contribution in [3.63, 3.8) is 0 Å². The molecule has 0 bridgehead atoms. The average molecular weight is 285 g/mol. The van der Waals surface area contributed by atoms with Gasteiger partial charge in [-0.15, -0.1) is 0 Å². The Kier molecular flexibility index (Phi) is 3.53. The minimum atomic E-state index is 0.0401. The lowest BCUT2D eigenvalue weighted by Gasteiger charge is -2.34. The molecule has 2 heterocycles. The van der Waals surface area contributed by atoms with Crippen molar-refractivity contribution in [1.82, 2.24) is 19.5 Å². The van der Waals surface area contributed by atoms with Crippen LogP contribution in [0.4, 0.5) is 0 Å². The van der Waals surface area contributed by atoms with Crippen LogP contribution in [-0.2, 0) is 13.0 Å². The first-order chi connectivity index (χ1) is 10.00. The molecule has 0 radical (unpaired) electrons. The van der Waals surface area contributed by atoms with Gasteiger partial charge in [0.25, 0.3) is 0 Å². The maximum absolute atomic E-state index is 6.27. The first-order valence-electron chi connectivity index (χ1n) is 7.62. The maximum Gasteiger partial charge on any atom is 0.178 e. The summed E-state index contributed by atoms with van der Waals surface area (Å²) in [6.07, 6.45) is 8.58. The molecule has 2 aromatic rings. The summed E-state index contributed by atoms with van der Waals surface area (Å²) in [7, 11) is 0. The number of aryl methyl sites for hydroxylation is 1. The molecule has 21 heavy (non-hydrogen) atoms. The summed E-state index contributed by atoms with van der Waals surface area (Å²) in [5.41, 5.74) is 9.64. The van der Waals surface area contributed by atoms with Crippen molar-refractivity contribution in [2.75, 3.05) is 0 Å². The fraction of sp³-hybridized carbons (Fsp3) is 0.562. The number of hydrogen-bond donors (Lipinski definition) is 1. The second-order valence-corrected chi connectivity index (χ2v) is 6.72. The molecule has 1 atom stereocenters. The number of fused-ring (bicyclic) bond motifs is 1. The SMILES string of the molecule is CCCn1cncc1-c1ncc2c(n1)CC(C)(C)CC2N. The highest BCUT2D eigenvalue weighted by atomic mass is 15.1. The van der Waals surface area contributed by atoms with Gasteiger partial charge in [-0.05, 0) is 24.7 Å². The van der Waals surface area contributed by atoms with E-state index in [1.807, 2.05) is 18.7 Å². The number of nitrogens with zero attached hydrogens (tertiary/aromatic N) is 4. The quantitative estimate of drug-likeness (QED) is 0.941. The van der Waals surface area contributed by atoms with Gasteiger partial charge in [-0.1, -0.05) is 20.8 Å². The zero-order valence-corrected chi connectivity index (χ0v) is 13.0. The number of hydrogen-bond acceptors (Lipinski definition) is 4. The van der Waals surface area contributed by atoms with E-state index >= 15 is 0 Å². The molecule has 0 saturated heterocycles. The van der Waals surface area contributed by atoms with Crippen LogP contribution in [0.2, 0.25) is 0 Å². The van der Waals surface area contributed by atoms with Crippen LogP contribution < -0.4 is 5.73 Å². The van der Waals surface area contributed by atoms with Gasteiger partial charge >= 0.3 is 0 Å². The third-order valence-corrected chi connectivity index (χ3v) is 4.12. The lowest BCUT2D eigenvalue weighted by Crippen LogP contribution is -2.30. The van der Waals surface area contributed by atoms with Gasteiger partial charge in [0.15, 0.2) is 5.82 Å². The van der Waals surface area contributed by atoms with Crippen LogP contribution in [0.25, 0.3) is 11.5 Å². The molecule has 112 valence electrons. The Labute approximate surface area is 125 Å². The average Bonchev–Trinajstić information content (AvgIpc) is 2.85. The molecule has 1 unspecified atom stereocenters. The molecule has 5 nitrogen and oxygen atoms in total. The monoisotopic (exact) mass is 285 g/mol. The Morgan fingerprint density at radius 2 is 2.19 bits per heavy atom.